The monoisotopic (exact) mass is 474 g/mol. The maximum Gasteiger partial charge on any atom is 0.339 e. The zero-order valence-corrected chi connectivity index (χ0v) is 19.4. The fraction of sp³-hybridized carbons (Fsp3) is 0.286. The number of rotatable bonds is 9. The van der Waals surface area contributed by atoms with Crippen molar-refractivity contribution in [2.24, 2.45) is 0 Å². The van der Waals surface area contributed by atoms with E-state index in [1.807, 2.05) is 29.0 Å². The zero-order chi connectivity index (χ0) is 23.1. The number of nitrogens with one attached hydrogen (secondary N) is 1. The van der Waals surface area contributed by atoms with Crippen molar-refractivity contribution < 1.29 is 23.9 Å². The Morgan fingerprint density at radius 2 is 1.91 bits per heavy atom. The molecule has 0 spiro atoms. The molecule has 1 N–H and O–H groups in total. The topological polar surface area (TPSA) is 112 Å². The Hall–Kier alpha value is -3.18. The van der Waals surface area contributed by atoms with E-state index in [-0.39, 0.29) is 28.5 Å². The second-order valence-corrected chi connectivity index (χ2v) is 8.45. The van der Waals surface area contributed by atoms with Crippen molar-refractivity contribution in [3.8, 4) is 0 Å². The number of benzene rings is 1. The van der Waals surface area contributed by atoms with Gasteiger partial charge in [0.25, 0.3) is 0 Å². The minimum absolute atomic E-state index is 0.0419. The molecular formula is C21H22N4O5S2. The Labute approximate surface area is 193 Å². The molecular weight excluding hydrogens is 452 g/mol. The normalized spacial score (nSPS) is 10.6. The summed E-state index contributed by atoms with van der Waals surface area (Å²) in [4.78, 5) is 37.7. The Morgan fingerprint density at radius 1 is 1.12 bits per heavy atom. The number of thiophene rings is 1. The third-order valence-electron chi connectivity index (χ3n) is 4.47. The average molecular weight is 475 g/mol. The van der Waals surface area contributed by atoms with E-state index in [0.717, 1.165) is 5.82 Å². The summed E-state index contributed by atoms with van der Waals surface area (Å²) >= 11 is 2.89. The third-order valence-corrected chi connectivity index (χ3v) is 6.32. The van der Waals surface area contributed by atoms with Crippen molar-refractivity contribution in [1.82, 2.24) is 14.8 Å². The first kappa shape index (κ1) is 23.5. The van der Waals surface area contributed by atoms with E-state index in [0.29, 0.717) is 18.1 Å². The number of carbonyl (C=O) groups excluding carboxylic acids is 3. The first-order valence-corrected chi connectivity index (χ1v) is 11.5. The van der Waals surface area contributed by atoms with Crippen LogP contribution in [-0.2, 0) is 27.2 Å². The van der Waals surface area contributed by atoms with Crippen LogP contribution >= 0.6 is 23.1 Å². The van der Waals surface area contributed by atoms with Gasteiger partial charge in [-0.15, -0.1) is 21.5 Å². The zero-order valence-electron chi connectivity index (χ0n) is 17.8. The number of methoxy groups -OCH3 is 2. The van der Waals surface area contributed by atoms with Gasteiger partial charge in [0.2, 0.25) is 5.91 Å². The van der Waals surface area contributed by atoms with Crippen LogP contribution in [-0.4, -0.2) is 52.6 Å². The van der Waals surface area contributed by atoms with Gasteiger partial charge in [-0.2, -0.15) is 0 Å². The molecule has 2 aromatic heterocycles. The van der Waals surface area contributed by atoms with Crippen LogP contribution in [0.15, 0.2) is 40.9 Å². The lowest BCUT2D eigenvalue weighted by Crippen LogP contribution is -2.18. The first-order chi connectivity index (χ1) is 15.5. The van der Waals surface area contributed by atoms with E-state index in [9.17, 15) is 14.4 Å². The van der Waals surface area contributed by atoms with Crippen molar-refractivity contribution >= 4 is 46.6 Å². The summed E-state index contributed by atoms with van der Waals surface area (Å²) < 4.78 is 11.4. The number of ether oxygens (including phenoxy) is 2. The molecule has 11 heteroatoms. The lowest BCUT2D eigenvalue weighted by molar-refractivity contribution is -0.113. The molecule has 0 saturated carbocycles. The third kappa shape index (κ3) is 5.54. The van der Waals surface area contributed by atoms with Gasteiger partial charge in [-0.25, -0.2) is 9.59 Å². The molecule has 0 aliphatic heterocycles. The van der Waals surface area contributed by atoms with Crippen LogP contribution in [0.25, 0.3) is 0 Å². The van der Waals surface area contributed by atoms with Crippen LogP contribution in [0.1, 0.15) is 38.3 Å². The van der Waals surface area contributed by atoms with E-state index in [1.165, 1.54) is 49.1 Å². The summed E-state index contributed by atoms with van der Waals surface area (Å²) in [6.45, 7) is 2.66. The van der Waals surface area contributed by atoms with Crippen LogP contribution in [0.2, 0.25) is 0 Å². The van der Waals surface area contributed by atoms with Gasteiger partial charge in [0, 0.05) is 17.8 Å². The van der Waals surface area contributed by atoms with E-state index >= 15 is 0 Å². The molecule has 0 aliphatic carbocycles. The molecule has 3 rings (SSSR count). The van der Waals surface area contributed by atoms with Gasteiger partial charge in [-0.1, -0.05) is 17.8 Å². The van der Waals surface area contributed by atoms with Gasteiger partial charge in [-0.3, -0.25) is 4.79 Å². The first-order valence-electron chi connectivity index (χ1n) is 9.64. The summed E-state index contributed by atoms with van der Waals surface area (Å²) in [5.74, 6) is -0.710. The van der Waals surface area contributed by atoms with Crippen LogP contribution in [0, 0.1) is 0 Å². The second kappa shape index (κ2) is 10.9. The Morgan fingerprint density at radius 3 is 2.56 bits per heavy atom. The molecule has 9 nitrogen and oxygen atoms in total. The average Bonchev–Trinajstić information content (AvgIpc) is 3.46. The SMILES string of the molecule is CCn1c(Cc2cccs2)nnc1SCC(=O)Nc1cc(C(=O)OC)ccc1C(=O)OC. The molecule has 0 fully saturated rings. The van der Waals surface area contributed by atoms with Gasteiger partial charge in [0.1, 0.15) is 5.82 Å². The predicted molar refractivity (Wildman–Crippen MR) is 121 cm³/mol. The molecule has 32 heavy (non-hydrogen) atoms. The van der Waals surface area contributed by atoms with Crippen LogP contribution in [0.4, 0.5) is 5.69 Å². The standard InChI is InChI=1S/C21H22N4O5S2/c1-4-25-17(11-14-6-5-9-31-14)23-24-21(25)32-12-18(26)22-16-10-13(19(27)29-2)7-8-15(16)20(28)30-3/h5-10H,4,11-12H2,1-3H3,(H,22,26). The molecule has 1 aromatic carbocycles. The van der Waals surface area contributed by atoms with Crippen LogP contribution in [0.5, 0.6) is 0 Å². The van der Waals surface area contributed by atoms with E-state index in [2.05, 4.69) is 15.5 Å². The fourth-order valence-corrected chi connectivity index (χ4v) is 4.46. The molecule has 0 unspecified atom stereocenters. The Balaban J connectivity index is 1.71. The molecule has 2 heterocycles. The summed E-state index contributed by atoms with van der Waals surface area (Å²) in [5.41, 5.74) is 0.501. The number of hydrogen-bond acceptors (Lipinski definition) is 9. The number of thioether (sulfide) groups is 1. The maximum absolute atomic E-state index is 12.6. The number of esters is 2. The molecule has 0 bridgehead atoms. The summed E-state index contributed by atoms with van der Waals surface area (Å²) in [7, 11) is 2.49. The highest BCUT2D eigenvalue weighted by molar-refractivity contribution is 7.99. The Bertz CT molecular complexity index is 1110. The van der Waals surface area contributed by atoms with Crippen molar-refractivity contribution in [2.45, 2.75) is 25.0 Å². The Kier molecular flexibility index (Phi) is 8.01. The predicted octanol–water partition coefficient (Wildman–Crippen LogP) is 3.25. The fourth-order valence-electron chi connectivity index (χ4n) is 2.94. The largest absolute Gasteiger partial charge is 0.465 e. The molecule has 168 valence electrons. The number of amides is 1. The number of nitrogens with zero attached hydrogens (tertiary/aromatic N) is 3. The number of aromatic nitrogens is 3. The van der Waals surface area contributed by atoms with Gasteiger partial charge >= 0.3 is 11.9 Å². The van der Waals surface area contributed by atoms with Crippen molar-refractivity contribution in [2.75, 3.05) is 25.3 Å². The smallest absolute Gasteiger partial charge is 0.339 e. The number of anilines is 1. The van der Waals surface area contributed by atoms with E-state index in [4.69, 9.17) is 9.47 Å². The quantitative estimate of drug-likeness (QED) is 0.371. The van der Waals surface area contributed by atoms with Crippen molar-refractivity contribution in [3.63, 3.8) is 0 Å². The second-order valence-electron chi connectivity index (χ2n) is 6.48. The summed E-state index contributed by atoms with van der Waals surface area (Å²) in [6, 6.07) is 8.26. The highest BCUT2D eigenvalue weighted by Crippen LogP contribution is 2.23. The lowest BCUT2D eigenvalue weighted by Gasteiger charge is -2.11. The molecule has 3 aromatic rings. The number of carbonyl (C=O) groups is 3. The minimum atomic E-state index is -0.631. The van der Waals surface area contributed by atoms with E-state index < -0.39 is 11.9 Å². The van der Waals surface area contributed by atoms with Gasteiger partial charge < -0.3 is 19.4 Å². The number of hydrogen-bond donors (Lipinski definition) is 1. The van der Waals surface area contributed by atoms with Crippen LogP contribution < -0.4 is 5.32 Å². The molecule has 0 aliphatic rings. The van der Waals surface area contributed by atoms with Crippen LogP contribution in [0.3, 0.4) is 0 Å². The van der Waals surface area contributed by atoms with Gasteiger partial charge in [0.05, 0.1) is 36.8 Å². The minimum Gasteiger partial charge on any atom is -0.465 e. The van der Waals surface area contributed by atoms with Crippen molar-refractivity contribution in [1.29, 1.82) is 0 Å². The van der Waals surface area contributed by atoms with Crippen molar-refractivity contribution in [3.05, 3.63) is 57.5 Å². The molecule has 1 amide bonds. The molecule has 0 radical (unpaired) electrons. The van der Waals surface area contributed by atoms with Gasteiger partial charge in [-0.05, 0) is 36.6 Å². The molecule has 0 saturated heterocycles. The highest BCUT2D eigenvalue weighted by atomic mass is 32.2. The maximum atomic E-state index is 12.6. The summed E-state index contributed by atoms with van der Waals surface area (Å²) in [5, 5.41) is 13.8. The van der Waals surface area contributed by atoms with Gasteiger partial charge in [0.15, 0.2) is 5.16 Å². The summed E-state index contributed by atoms with van der Waals surface area (Å²) in [6.07, 6.45) is 0.675. The highest BCUT2D eigenvalue weighted by Gasteiger charge is 2.19. The molecule has 0 atom stereocenters. The lowest BCUT2D eigenvalue weighted by atomic mass is 10.1. The van der Waals surface area contributed by atoms with E-state index in [1.54, 1.807) is 11.3 Å².